The van der Waals surface area contributed by atoms with E-state index >= 15 is 0 Å². The van der Waals surface area contributed by atoms with Crippen LogP contribution in [0.2, 0.25) is 0 Å². The summed E-state index contributed by atoms with van der Waals surface area (Å²) in [5.41, 5.74) is 0.392. The zero-order valence-electron chi connectivity index (χ0n) is 11.2. The Bertz CT molecular complexity index is 221. The normalized spacial score (nSPS) is 34.6. The van der Waals surface area contributed by atoms with E-state index in [0.29, 0.717) is 17.3 Å². The van der Waals surface area contributed by atoms with E-state index in [4.69, 9.17) is 0 Å². The summed E-state index contributed by atoms with van der Waals surface area (Å²) in [5, 5.41) is 10.2. The predicted molar refractivity (Wildman–Crippen MR) is 70.3 cm³/mol. The van der Waals surface area contributed by atoms with Crippen molar-refractivity contribution in [2.75, 3.05) is 0 Å². The molecule has 3 atom stereocenters. The maximum Gasteiger partial charge on any atom is 0.0577 e. The van der Waals surface area contributed by atoms with Gasteiger partial charge in [-0.2, -0.15) is 0 Å². The van der Waals surface area contributed by atoms with Gasteiger partial charge in [-0.05, 0) is 42.9 Å². The highest BCUT2D eigenvalue weighted by molar-refractivity contribution is 4.97. The van der Waals surface area contributed by atoms with Crippen molar-refractivity contribution < 1.29 is 5.11 Å². The molecule has 0 spiro atoms. The summed E-state index contributed by atoms with van der Waals surface area (Å²) in [4.78, 5) is 0. The molecular weight excluding hydrogens is 196 g/mol. The van der Waals surface area contributed by atoms with Gasteiger partial charge in [-0.25, -0.2) is 0 Å². The van der Waals surface area contributed by atoms with Gasteiger partial charge in [-0.3, -0.25) is 0 Å². The summed E-state index contributed by atoms with van der Waals surface area (Å²) in [6.45, 7) is 10.7. The van der Waals surface area contributed by atoms with Crippen LogP contribution < -0.4 is 0 Å². The van der Waals surface area contributed by atoms with E-state index in [1.165, 1.54) is 25.7 Å². The lowest BCUT2D eigenvalue weighted by atomic mass is 9.71. The Hall–Kier alpha value is -0.300. The number of rotatable bonds is 6. The molecular formula is C15H28O. The van der Waals surface area contributed by atoms with Crippen LogP contribution in [0.1, 0.15) is 59.3 Å². The minimum absolute atomic E-state index is 0.0998. The van der Waals surface area contributed by atoms with Crippen molar-refractivity contribution in [1.82, 2.24) is 0 Å². The Morgan fingerprint density at radius 3 is 2.62 bits per heavy atom. The maximum absolute atomic E-state index is 10.2. The van der Waals surface area contributed by atoms with Crippen molar-refractivity contribution in [1.29, 1.82) is 0 Å². The van der Waals surface area contributed by atoms with Gasteiger partial charge in [-0.1, -0.05) is 39.7 Å². The molecule has 1 aliphatic carbocycles. The van der Waals surface area contributed by atoms with Crippen LogP contribution in [0.3, 0.4) is 0 Å². The molecule has 0 bridgehead atoms. The van der Waals surface area contributed by atoms with Crippen molar-refractivity contribution in [2.45, 2.75) is 65.4 Å². The van der Waals surface area contributed by atoms with Gasteiger partial charge in [0.25, 0.3) is 0 Å². The third-order valence-corrected chi connectivity index (χ3v) is 4.55. The Morgan fingerprint density at radius 1 is 1.44 bits per heavy atom. The molecule has 0 aromatic rings. The third-order valence-electron chi connectivity index (χ3n) is 4.55. The second kappa shape index (κ2) is 5.86. The average Bonchev–Trinajstić information content (AvgIpc) is 2.55. The first-order valence-electron chi connectivity index (χ1n) is 6.84. The fourth-order valence-corrected chi connectivity index (χ4v) is 3.27. The third kappa shape index (κ3) is 2.88. The Balaban J connectivity index is 2.69. The van der Waals surface area contributed by atoms with E-state index in [1.54, 1.807) is 0 Å². The van der Waals surface area contributed by atoms with E-state index in [2.05, 4.69) is 27.4 Å². The molecule has 94 valence electrons. The van der Waals surface area contributed by atoms with E-state index in [9.17, 15) is 5.11 Å². The summed E-state index contributed by atoms with van der Waals surface area (Å²) < 4.78 is 0. The van der Waals surface area contributed by atoms with Crippen LogP contribution in [0.25, 0.3) is 0 Å². The summed E-state index contributed by atoms with van der Waals surface area (Å²) in [6, 6.07) is 0. The summed E-state index contributed by atoms with van der Waals surface area (Å²) in [7, 11) is 0. The number of aliphatic hydroxyl groups excluding tert-OH is 1. The molecule has 0 amide bonds. The van der Waals surface area contributed by atoms with E-state index in [0.717, 1.165) is 12.8 Å². The molecule has 16 heavy (non-hydrogen) atoms. The molecule has 1 heteroatoms. The van der Waals surface area contributed by atoms with Gasteiger partial charge in [-0.15, -0.1) is 6.58 Å². The lowest BCUT2D eigenvalue weighted by Gasteiger charge is -2.34. The first-order valence-corrected chi connectivity index (χ1v) is 6.84. The summed E-state index contributed by atoms with van der Waals surface area (Å²) in [5.74, 6) is 1.14. The Kier molecular flexibility index (Phi) is 5.04. The van der Waals surface area contributed by atoms with E-state index in [1.807, 2.05) is 6.08 Å². The fraction of sp³-hybridized carbons (Fsp3) is 0.867. The Labute approximate surface area is 101 Å². The second-order valence-electron chi connectivity index (χ2n) is 5.88. The van der Waals surface area contributed by atoms with Gasteiger partial charge < -0.3 is 5.11 Å². The molecule has 1 aliphatic rings. The maximum atomic E-state index is 10.2. The molecule has 1 fully saturated rings. The number of aliphatic hydroxyl groups is 1. The SMILES string of the molecule is C=CCC1CC(CCCC)(C(C)C)CC1O. The lowest BCUT2D eigenvalue weighted by molar-refractivity contribution is 0.111. The van der Waals surface area contributed by atoms with Crippen LogP contribution in [-0.2, 0) is 0 Å². The van der Waals surface area contributed by atoms with Crippen LogP contribution in [0.5, 0.6) is 0 Å². The van der Waals surface area contributed by atoms with E-state index in [-0.39, 0.29) is 6.10 Å². The first kappa shape index (κ1) is 13.8. The molecule has 0 aromatic carbocycles. The molecule has 1 nitrogen and oxygen atoms in total. The van der Waals surface area contributed by atoms with Crippen LogP contribution in [0, 0.1) is 17.3 Å². The fourth-order valence-electron chi connectivity index (χ4n) is 3.27. The molecule has 0 radical (unpaired) electrons. The minimum atomic E-state index is -0.0998. The van der Waals surface area contributed by atoms with Gasteiger partial charge in [0.05, 0.1) is 6.10 Å². The largest absolute Gasteiger partial charge is 0.393 e. The van der Waals surface area contributed by atoms with E-state index < -0.39 is 0 Å². The number of hydrogen-bond donors (Lipinski definition) is 1. The van der Waals surface area contributed by atoms with Gasteiger partial charge >= 0.3 is 0 Å². The molecule has 0 aliphatic heterocycles. The standard InChI is InChI=1S/C15H28O/c1-5-7-9-15(12(3)4)10-13(8-6-2)14(16)11-15/h6,12-14,16H,2,5,7-11H2,1,3-4H3. The zero-order valence-corrected chi connectivity index (χ0v) is 11.2. The number of unbranched alkanes of at least 4 members (excludes halogenated alkanes) is 1. The van der Waals surface area contributed by atoms with Crippen molar-refractivity contribution in [3.05, 3.63) is 12.7 Å². The van der Waals surface area contributed by atoms with Crippen molar-refractivity contribution >= 4 is 0 Å². The molecule has 0 saturated heterocycles. The Morgan fingerprint density at radius 2 is 2.12 bits per heavy atom. The molecule has 1 N–H and O–H groups in total. The monoisotopic (exact) mass is 224 g/mol. The first-order chi connectivity index (χ1) is 7.55. The molecule has 0 aromatic heterocycles. The highest BCUT2D eigenvalue weighted by atomic mass is 16.3. The van der Waals surface area contributed by atoms with Gasteiger partial charge in [0.15, 0.2) is 0 Å². The van der Waals surface area contributed by atoms with Gasteiger partial charge in [0.1, 0.15) is 0 Å². The van der Waals surface area contributed by atoms with Crippen LogP contribution in [0.15, 0.2) is 12.7 Å². The van der Waals surface area contributed by atoms with Crippen molar-refractivity contribution in [2.24, 2.45) is 17.3 Å². The highest BCUT2D eigenvalue weighted by Gasteiger charge is 2.45. The van der Waals surface area contributed by atoms with Crippen molar-refractivity contribution in [3.8, 4) is 0 Å². The summed E-state index contributed by atoms with van der Waals surface area (Å²) >= 11 is 0. The predicted octanol–water partition coefficient (Wildman–Crippen LogP) is 4.17. The smallest absolute Gasteiger partial charge is 0.0577 e. The highest BCUT2D eigenvalue weighted by Crippen LogP contribution is 2.51. The minimum Gasteiger partial charge on any atom is -0.393 e. The molecule has 3 unspecified atom stereocenters. The second-order valence-corrected chi connectivity index (χ2v) is 5.88. The summed E-state index contributed by atoms with van der Waals surface area (Å²) in [6.07, 6.45) is 8.87. The number of allylic oxidation sites excluding steroid dienone is 1. The number of hydrogen-bond acceptors (Lipinski definition) is 1. The van der Waals surface area contributed by atoms with Gasteiger partial charge in [0, 0.05) is 0 Å². The molecule has 1 saturated carbocycles. The van der Waals surface area contributed by atoms with Crippen molar-refractivity contribution in [3.63, 3.8) is 0 Å². The van der Waals surface area contributed by atoms with Gasteiger partial charge in [0.2, 0.25) is 0 Å². The van der Waals surface area contributed by atoms with Crippen LogP contribution in [-0.4, -0.2) is 11.2 Å². The molecule has 0 heterocycles. The van der Waals surface area contributed by atoms with Crippen LogP contribution in [0.4, 0.5) is 0 Å². The van der Waals surface area contributed by atoms with Crippen LogP contribution >= 0.6 is 0 Å². The average molecular weight is 224 g/mol. The molecule has 1 rings (SSSR count). The quantitative estimate of drug-likeness (QED) is 0.671. The lowest BCUT2D eigenvalue weighted by Crippen LogP contribution is -2.24. The topological polar surface area (TPSA) is 20.2 Å². The zero-order chi connectivity index (χ0) is 12.2.